The molecule has 1 fully saturated rings. The van der Waals surface area contributed by atoms with E-state index >= 15 is 0 Å². The molecule has 6 heteroatoms. The fraction of sp³-hybridized carbons (Fsp3) is 0.375. The van der Waals surface area contributed by atoms with Gasteiger partial charge in [0.25, 0.3) is 5.91 Å². The maximum absolute atomic E-state index is 13.0. The molecule has 0 saturated carbocycles. The number of hydrogen-bond acceptors (Lipinski definition) is 5. The van der Waals surface area contributed by atoms with Gasteiger partial charge in [-0.1, -0.05) is 66.5 Å². The van der Waals surface area contributed by atoms with Crippen molar-refractivity contribution in [2.45, 2.75) is 45.1 Å². The smallest absolute Gasteiger partial charge is 0.318 e. The molecule has 156 valence electrons. The number of carbonyl (C=O) groups excluding carboxylic acids is 1. The SMILES string of the molecule is Cc1ccccc1C(=O)N[C@@H](Cc1ccccc1)c1nnc(N2CCCCCC2)o1. The number of carbonyl (C=O) groups is 1. The fourth-order valence-corrected chi connectivity index (χ4v) is 3.87. The molecule has 1 amide bonds. The third kappa shape index (κ3) is 4.87. The minimum absolute atomic E-state index is 0.136. The Morgan fingerprint density at radius 2 is 1.70 bits per heavy atom. The molecule has 0 unspecified atom stereocenters. The maximum atomic E-state index is 13.0. The molecule has 1 aliphatic rings. The lowest BCUT2D eigenvalue weighted by molar-refractivity contribution is 0.0929. The van der Waals surface area contributed by atoms with E-state index in [4.69, 9.17) is 4.42 Å². The summed E-state index contributed by atoms with van der Waals surface area (Å²) >= 11 is 0. The average Bonchev–Trinajstić information content (AvgIpc) is 3.10. The summed E-state index contributed by atoms with van der Waals surface area (Å²) in [6.45, 7) is 3.80. The molecule has 30 heavy (non-hydrogen) atoms. The zero-order chi connectivity index (χ0) is 20.8. The van der Waals surface area contributed by atoms with E-state index in [0.717, 1.165) is 37.1 Å². The van der Waals surface area contributed by atoms with Crippen molar-refractivity contribution < 1.29 is 9.21 Å². The largest absolute Gasteiger partial charge is 0.406 e. The van der Waals surface area contributed by atoms with Gasteiger partial charge in [0.15, 0.2) is 0 Å². The molecule has 0 radical (unpaired) electrons. The molecule has 2 aromatic carbocycles. The Morgan fingerprint density at radius 1 is 1.00 bits per heavy atom. The number of aryl methyl sites for hydroxylation is 1. The molecule has 3 aromatic rings. The number of hydrogen-bond donors (Lipinski definition) is 1. The van der Waals surface area contributed by atoms with Gasteiger partial charge in [-0.2, -0.15) is 0 Å². The first-order valence-electron chi connectivity index (χ1n) is 10.7. The van der Waals surface area contributed by atoms with Crippen LogP contribution in [0.3, 0.4) is 0 Å². The Morgan fingerprint density at radius 3 is 2.43 bits per heavy atom. The second-order valence-corrected chi connectivity index (χ2v) is 7.85. The molecule has 1 N–H and O–H groups in total. The monoisotopic (exact) mass is 404 g/mol. The van der Waals surface area contributed by atoms with Crippen molar-refractivity contribution in [1.29, 1.82) is 0 Å². The molecule has 2 heterocycles. The zero-order valence-electron chi connectivity index (χ0n) is 17.4. The van der Waals surface area contributed by atoms with Crippen LogP contribution in [0, 0.1) is 6.92 Å². The van der Waals surface area contributed by atoms with Crippen LogP contribution in [0.2, 0.25) is 0 Å². The van der Waals surface area contributed by atoms with E-state index < -0.39 is 6.04 Å². The summed E-state index contributed by atoms with van der Waals surface area (Å²) in [4.78, 5) is 15.1. The first-order chi connectivity index (χ1) is 14.7. The molecule has 6 nitrogen and oxygen atoms in total. The maximum Gasteiger partial charge on any atom is 0.318 e. The lowest BCUT2D eigenvalue weighted by Gasteiger charge is -2.18. The Bertz CT molecular complexity index is 962. The molecular formula is C24H28N4O2. The molecule has 0 spiro atoms. The Kier molecular flexibility index (Phi) is 6.42. The summed E-state index contributed by atoms with van der Waals surface area (Å²) in [5, 5.41) is 11.7. The van der Waals surface area contributed by atoms with Crippen molar-refractivity contribution in [2.75, 3.05) is 18.0 Å². The third-order valence-corrected chi connectivity index (χ3v) is 5.58. The number of anilines is 1. The van der Waals surface area contributed by atoms with Gasteiger partial charge in [-0.25, -0.2) is 0 Å². The molecular weight excluding hydrogens is 376 g/mol. The van der Waals surface area contributed by atoms with E-state index in [2.05, 4.69) is 20.4 Å². The van der Waals surface area contributed by atoms with Gasteiger partial charge >= 0.3 is 6.01 Å². The first-order valence-corrected chi connectivity index (χ1v) is 10.7. The number of nitrogens with one attached hydrogen (secondary N) is 1. The van der Waals surface area contributed by atoms with E-state index in [1.54, 1.807) is 0 Å². The Labute approximate surface area is 177 Å². The van der Waals surface area contributed by atoms with Crippen molar-refractivity contribution in [1.82, 2.24) is 15.5 Å². The van der Waals surface area contributed by atoms with Crippen LogP contribution in [-0.2, 0) is 6.42 Å². The van der Waals surface area contributed by atoms with Crippen LogP contribution in [0.1, 0.15) is 59.1 Å². The van der Waals surface area contributed by atoms with Crippen LogP contribution in [0.4, 0.5) is 6.01 Å². The fourth-order valence-electron chi connectivity index (χ4n) is 3.87. The highest BCUT2D eigenvalue weighted by atomic mass is 16.4. The van der Waals surface area contributed by atoms with Crippen LogP contribution in [0.25, 0.3) is 0 Å². The van der Waals surface area contributed by atoms with E-state index in [-0.39, 0.29) is 5.91 Å². The van der Waals surface area contributed by atoms with Gasteiger partial charge in [-0.15, -0.1) is 5.10 Å². The van der Waals surface area contributed by atoms with Gasteiger partial charge in [0, 0.05) is 25.1 Å². The standard InChI is InChI=1S/C24H28N4O2/c1-18-11-7-8-14-20(18)22(29)25-21(17-19-12-5-4-6-13-19)23-26-27-24(30-23)28-15-9-2-3-10-16-28/h4-8,11-14,21H,2-3,9-10,15-17H2,1H3,(H,25,29)/t21-/m0/s1. The van der Waals surface area contributed by atoms with Crippen LogP contribution in [0.5, 0.6) is 0 Å². The Hall–Kier alpha value is -3.15. The average molecular weight is 405 g/mol. The quantitative estimate of drug-likeness (QED) is 0.656. The zero-order valence-corrected chi connectivity index (χ0v) is 17.4. The number of nitrogens with zero attached hydrogens (tertiary/aromatic N) is 3. The summed E-state index contributed by atoms with van der Waals surface area (Å²) in [6, 6.07) is 17.8. The lowest BCUT2D eigenvalue weighted by Crippen LogP contribution is -2.30. The second-order valence-electron chi connectivity index (χ2n) is 7.85. The van der Waals surface area contributed by atoms with E-state index in [0.29, 0.717) is 23.9 Å². The van der Waals surface area contributed by atoms with Gasteiger partial charge in [-0.05, 0) is 37.0 Å². The van der Waals surface area contributed by atoms with E-state index in [1.165, 1.54) is 12.8 Å². The number of benzene rings is 2. The topological polar surface area (TPSA) is 71.3 Å². The summed E-state index contributed by atoms with van der Waals surface area (Å²) in [6.07, 6.45) is 5.33. The van der Waals surface area contributed by atoms with Crippen LogP contribution in [0.15, 0.2) is 59.0 Å². The first kappa shape index (κ1) is 20.1. The van der Waals surface area contributed by atoms with Gasteiger partial charge in [0.1, 0.15) is 6.04 Å². The highest BCUT2D eigenvalue weighted by molar-refractivity contribution is 5.95. The van der Waals surface area contributed by atoms with Crippen molar-refractivity contribution in [3.63, 3.8) is 0 Å². The number of amides is 1. The molecule has 1 aliphatic heterocycles. The summed E-state index contributed by atoms with van der Waals surface area (Å²) < 4.78 is 6.07. The van der Waals surface area contributed by atoms with E-state index in [1.807, 2.05) is 61.5 Å². The van der Waals surface area contributed by atoms with Gasteiger partial charge in [-0.3, -0.25) is 4.79 Å². The van der Waals surface area contributed by atoms with Crippen LogP contribution >= 0.6 is 0 Å². The summed E-state index contributed by atoms with van der Waals surface area (Å²) in [5.74, 6) is 0.309. The molecule has 1 atom stereocenters. The van der Waals surface area contributed by atoms with Gasteiger partial charge in [0.2, 0.25) is 5.89 Å². The lowest BCUT2D eigenvalue weighted by atomic mass is 10.0. The molecule has 0 aliphatic carbocycles. The Balaban J connectivity index is 1.57. The van der Waals surface area contributed by atoms with Crippen molar-refractivity contribution in [2.24, 2.45) is 0 Å². The van der Waals surface area contributed by atoms with Crippen LogP contribution < -0.4 is 10.2 Å². The van der Waals surface area contributed by atoms with Crippen molar-refractivity contribution in [3.8, 4) is 0 Å². The van der Waals surface area contributed by atoms with E-state index in [9.17, 15) is 4.79 Å². The normalized spacial score (nSPS) is 15.4. The number of aromatic nitrogens is 2. The highest BCUT2D eigenvalue weighted by Crippen LogP contribution is 2.24. The second kappa shape index (κ2) is 9.57. The van der Waals surface area contributed by atoms with Crippen molar-refractivity contribution in [3.05, 3.63) is 77.2 Å². The van der Waals surface area contributed by atoms with Crippen LogP contribution in [-0.4, -0.2) is 29.2 Å². The van der Waals surface area contributed by atoms with Gasteiger partial charge in [0.05, 0.1) is 0 Å². The number of rotatable bonds is 6. The molecule has 4 rings (SSSR count). The minimum atomic E-state index is -0.396. The molecule has 0 bridgehead atoms. The van der Waals surface area contributed by atoms with Gasteiger partial charge < -0.3 is 14.6 Å². The predicted molar refractivity (Wildman–Crippen MR) is 117 cm³/mol. The predicted octanol–water partition coefficient (Wildman–Crippen LogP) is 4.47. The highest BCUT2D eigenvalue weighted by Gasteiger charge is 2.24. The molecule has 1 aromatic heterocycles. The summed E-state index contributed by atoms with van der Waals surface area (Å²) in [5.41, 5.74) is 2.69. The summed E-state index contributed by atoms with van der Waals surface area (Å²) in [7, 11) is 0. The third-order valence-electron chi connectivity index (χ3n) is 5.58. The molecule has 1 saturated heterocycles. The minimum Gasteiger partial charge on any atom is -0.406 e. The van der Waals surface area contributed by atoms with Crippen molar-refractivity contribution >= 4 is 11.9 Å².